The Morgan fingerprint density at radius 3 is 2.53 bits per heavy atom. The number of ether oxygens (including phenoxy) is 1. The second kappa shape index (κ2) is 8.44. The Balaban J connectivity index is 1.37. The molecule has 0 atom stereocenters. The fourth-order valence-electron chi connectivity index (χ4n) is 4.26. The van der Waals surface area contributed by atoms with Gasteiger partial charge in [-0.2, -0.15) is 0 Å². The van der Waals surface area contributed by atoms with E-state index in [1.54, 1.807) is 0 Å². The van der Waals surface area contributed by atoms with Crippen molar-refractivity contribution in [1.29, 1.82) is 0 Å². The van der Waals surface area contributed by atoms with E-state index in [-0.39, 0.29) is 5.91 Å². The Morgan fingerprint density at radius 2 is 1.77 bits per heavy atom. The van der Waals surface area contributed by atoms with Gasteiger partial charge in [-0.1, -0.05) is 12.1 Å². The van der Waals surface area contributed by atoms with Crippen molar-refractivity contribution < 1.29 is 9.53 Å². The van der Waals surface area contributed by atoms with E-state index in [1.165, 1.54) is 6.42 Å². The maximum atomic E-state index is 12.7. The third kappa shape index (κ3) is 3.89. The van der Waals surface area contributed by atoms with E-state index in [2.05, 4.69) is 10.3 Å². The number of fused-ring (bicyclic) bond motifs is 1. The summed E-state index contributed by atoms with van der Waals surface area (Å²) in [6, 6.07) is 12.1. The minimum atomic E-state index is 0.125. The molecule has 2 aliphatic heterocycles. The van der Waals surface area contributed by atoms with Gasteiger partial charge in [0.1, 0.15) is 5.82 Å². The molecule has 156 valence electrons. The van der Waals surface area contributed by atoms with E-state index in [1.807, 2.05) is 52.0 Å². The van der Waals surface area contributed by atoms with Crippen LogP contribution < -0.4 is 5.32 Å². The Labute approximate surface area is 176 Å². The number of nitrogens with zero attached hydrogens (tertiary/aromatic N) is 4. The maximum Gasteiger partial charge on any atom is 0.253 e. The molecule has 5 rings (SSSR count). The van der Waals surface area contributed by atoms with Gasteiger partial charge in [0.2, 0.25) is 0 Å². The molecule has 2 saturated heterocycles. The summed E-state index contributed by atoms with van der Waals surface area (Å²) >= 11 is 0. The van der Waals surface area contributed by atoms with Crippen molar-refractivity contribution in [3.8, 4) is 11.3 Å². The summed E-state index contributed by atoms with van der Waals surface area (Å²) in [5.74, 6) is 0.964. The van der Waals surface area contributed by atoms with E-state index in [4.69, 9.17) is 9.84 Å². The largest absolute Gasteiger partial charge is 0.381 e. The summed E-state index contributed by atoms with van der Waals surface area (Å²) in [7, 11) is 0. The van der Waals surface area contributed by atoms with Crippen molar-refractivity contribution in [1.82, 2.24) is 19.5 Å². The second-order valence-electron chi connectivity index (χ2n) is 8.09. The van der Waals surface area contributed by atoms with E-state index in [0.717, 1.165) is 80.3 Å². The van der Waals surface area contributed by atoms with Gasteiger partial charge in [0.15, 0.2) is 5.65 Å². The summed E-state index contributed by atoms with van der Waals surface area (Å²) in [6.07, 6.45) is 7.23. The molecular formula is C23H27N5O2. The van der Waals surface area contributed by atoms with Gasteiger partial charge >= 0.3 is 0 Å². The molecule has 7 heteroatoms. The van der Waals surface area contributed by atoms with Crippen LogP contribution in [-0.2, 0) is 4.74 Å². The quantitative estimate of drug-likeness (QED) is 0.718. The number of carbonyl (C=O) groups excluding carboxylic acids is 1. The van der Waals surface area contributed by atoms with Crippen molar-refractivity contribution in [2.75, 3.05) is 31.6 Å². The monoisotopic (exact) mass is 405 g/mol. The molecule has 2 aromatic heterocycles. The van der Waals surface area contributed by atoms with Crippen LogP contribution >= 0.6 is 0 Å². The number of hydrogen-bond donors (Lipinski definition) is 1. The van der Waals surface area contributed by atoms with Gasteiger partial charge in [0.05, 0.1) is 11.9 Å². The highest BCUT2D eigenvalue weighted by Crippen LogP contribution is 2.23. The van der Waals surface area contributed by atoms with Gasteiger partial charge in [0.25, 0.3) is 5.91 Å². The third-order valence-electron chi connectivity index (χ3n) is 6.01. The molecule has 4 heterocycles. The van der Waals surface area contributed by atoms with Crippen LogP contribution in [0.4, 0.5) is 5.82 Å². The second-order valence-corrected chi connectivity index (χ2v) is 8.09. The molecule has 2 fully saturated rings. The zero-order chi connectivity index (χ0) is 20.3. The highest BCUT2D eigenvalue weighted by molar-refractivity contribution is 5.94. The molecule has 0 saturated carbocycles. The number of aromatic nitrogens is 3. The van der Waals surface area contributed by atoms with Crippen molar-refractivity contribution in [3.05, 3.63) is 48.2 Å². The van der Waals surface area contributed by atoms with Gasteiger partial charge < -0.3 is 15.0 Å². The summed E-state index contributed by atoms with van der Waals surface area (Å²) < 4.78 is 7.30. The first-order valence-electron chi connectivity index (χ1n) is 10.9. The third-order valence-corrected chi connectivity index (χ3v) is 6.01. The topological polar surface area (TPSA) is 71.8 Å². The first-order valence-corrected chi connectivity index (χ1v) is 10.9. The highest BCUT2D eigenvalue weighted by atomic mass is 16.5. The van der Waals surface area contributed by atoms with Crippen molar-refractivity contribution in [3.63, 3.8) is 0 Å². The van der Waals surface area contributed by atoms with Gasteiger partial charge in [-0.3, -0.25) is 4.79 Å². The van der Waals surface area contributed by atoms with Crippen molar-refractivity contribution in [2.24, 2.45) is 0 Å². The van der Waals surface area contributed by atoms with E-state index >= 15 is 0 Å². The van der Waals surface area contributed by atoms with Gasteiger partial charge in [-0.05, 0) is 56.4 Å². The lowest BCUT2D eigenvalue weighted by Gasteiger charge is -2.26. The lowest BCUT2D eigenvalue weighted by Crippen LogP contribution is -2.35. The average molecular weight is 406 g/mol. The van der Waals surface area contributed by atoms with Crippen molar-refractivity contribution in [2.45, 2.75) is 38.1 Å². The minimum Gasteiger partial charge on any atom is -0.381 e. The molecule has 0 radical (unpaired) electrons. The van der Waals surface area contributed by atoms with Crippen LogP contribution in [-0.4, -0.2) is 57.8 Å². The van der Waals surface area contributed by atoms with Crippen LogP contribution in [0, 0.1) is 0 Å². The summed E-state index contributed by atoms with van der Waals surface area (Å²) in [6.45, 7) is 3.30. The molecule has 7 nitrogen and oxygen atoms in total. The molecular weight excluding hydrogens is 378 g/mol. The van der Waals surface area contributed by atoms with Gasteiger partial charge in [0, 0.05) is 43.5 Å². The normalized spacial score (nSPS) is 17.9. The average Bonchev–Trinajstić information content (AvgIpc) is 3.23. The Morgan fingerprint density at radius 1 is 1.00 bits per heavy atom. The lowest BCUT2D eigenvalue weighted by molar-refractivity contribution is 0.0724. The zero-order valence-electron chi connectivity index (χ0n) is 17.1. The molecule has 0 aliphatic carbocycles. The number of benzene rings is 1. The summed E-state index contributed by atoms with van der Waals surface area (Å²) in [4.78, 5) is 19.2. The SMILES string of the molecule is O=C(c1ccc(-c2cnc3ccc(NC4CCOCC4)nn23)cc1)N1CCCCC1. The first kappa shape index (κ1) is 19.1. The van der Waals surface area contributed by atoms with Crippen LogP contribution in [0.15, 0.2) is 42.6 Å². The number of imidazole rings is 1. The van der Waals surface area contributed by atoms with Crippen LogP contribution in [0.1, 0.15) is 42.5 Å². The van der Waals surface area contributed by atoms with Crippen molar-refractivity contribution >= 4 is 17.4 Å². The van der Waals surface area contributed by atoms with Gasteiger partial charge in [-0.25, -0.2) is 9.50 Å². The summed E-state index contributed by atoms with van der Waals surface area (Å²) in [5.41, 5.74) is 3.45. The first-order chi connectivity index (χ1) is 14.8. The minimum absolute atomic E-state index is 0.125. The molecule has 30 heavy (non-hydrogen) atoms. The van der Waals surface area contributed by atoms with Gasteiger partial charge in [-0.15, -0.1) is 5.10 Å². The van der Waals surface area contributed by atoms with Crippen LogP contribution in [0.5, 0.6) is 0 Å². The maximum absolute atomic E-state index is 12.7. The number of rotatable bonds is 4. The number of nitrogens with one attached hydrogen (secondary N) is 1. The number of likely N-dealkylation sites (tertiary alicyclic amines) is 1. The molecule has 1 N–H and O–H groups in total. The van der Waals surface area contributed by atoms with Crippen LogP contribution in [0.3, 0.4) is 0 Å². The summed E-state index contributed by atoms with van der Waals surface area (Å²) in [5, 5.41) is 8.28. The molecule has 2 aliphatic rings. The van der Waals surface area contributed by atoms with E-state index in [0.29, 0.717) is 6.04 Å². The predicted molar refractivity (Wildman–Crippen MR) is 116 cm³/mol. The van der Waals surface area contributed by atoms with E-state index < -0.39 is 0 Å². The van der Waals surface area contributed by atoms with Crippen LogP contribution in [0.25, 0.3) is 16.9 Å². The Kier molecular flexibility index (Phi) is 5.36. The molecule has 1 aromatic carbocycles. The van der Waals surface area contributed by atoms with Crippen LogP contribution in [0.2, 0.25) is 0 Å². The fourth-order valence-corrected chi connectivity index (χ4v) is 4.26. The van der Waals surface area contributed by atoms with E-state index in [9.17, 15) is 4.79 Å². The highest BCUT2D eigenvalue weighted by Gasteiger charge is 2.19. The number of carbonyl (C=O) groups is 1. The Hall–Kier alpha value is -2.93. The number of piperidine rings is 1. The molecule has 1 amide bonds. The molecule has 0 spiro atoms. The molecule has 0 bridgehead atoms. The number of hydrogen-bond acceptors (Lipinski definition) is 5. The number of anilines is 1. The Bertz CT molecular complexity index is 1020. The lowest BCUT2D eigenvalue weighted by atomic mass is 10.1. The smallest absolute Gasteiger partial charge is 0.253 e. The fraction of sp³-hybridized carbons (Fsp3) is 0.435. The zero-order valence-corrected chi connectivity index (χ0v) is 17.1. The predicted octanol–water partition coefficient (Wildman–Crippen LogP) is 3.61. The number of amides is 1. The standard InChI is InChI=1S/C23H27N5O2/c29-23(27-12-2-1-3-13-27)18-6-4-17(5-7-18)20-16-24-22-9-8-21(26-28(20)22)25-19-10-14-30-15-11-19/h4-9,16,19H,1-3,10-15H2,(H,25,26). The molecule has 0 unspecified atom stereocenters. The molecule has 3 aromatic rings.